The number of fused-ring (bicyclic) bond motifs is 1. The molecule has 2 aliphatic rings. The zero-order valence-electron chi connectivity index (χ0n) is 19.0. The molecule has 2 aromatic rings. The number of piperidine rings is 1. The van der Waals surface area contributed by atoms with Crippen molar-refractivity contribution in [2.24, 2.45) is 0 Å². The maximum Gasteiger partial charge on any atom is 0.228 e. The summed E-state index contributed by atoms with van der Waals surface area (Å²) in [5.74, 6) is 1.57. The number of amides is 2. The van der Waals surface area contributed by atoms with E-state index in [0.717, 1.165) is 42.8 Å². The lowest BCUT2D eigenvalue weighted by Crippen LogP contribution is -2.41. The average molecular weight is 437 g/mol. The first-order chi connectivity index (χ1) is 15.6. The number of methoxy groups -OCH3 is 1. The predicted molar refractivity (Wildman–Crippen MR) is 122 cm³/mol. The highest BCUT2D eigenvalue weighted by Gasteiger charge is 2.33. The van der Waals surface area contributed by atoms with Crippen molar-refractivity contribution in [1.29, 1.82) is 0 Å². The Kier molecular flexibility index (Phi) is 7.15. The lowest BCUT2D eigenvalue weighted by Gasteiger charge is -2.36. The molecule has 7 heteroatoms. The Balaban J connectivity index is 1.62. The molecule has 1 atom stereocenters. The summed E-state index contributed by atoms with van der Waals surface area (Å²) in [7, 11) is 1.61. The maximum atomic E-state index is 12.9. The van der Waals surface area contributed by atoms with Crippen LogP contribution in [0.25, 0.3) is 0 Å². The SMILES string of the molecule is COCCC(=O)N1CCCC[C@@H]1c1nc(C)c2c(n1)N(CCc1ccccc1)C(=O)CC2. The third-order valence-corrected chi connectivity index (χ3v) is 6.46. The number of likely N-dealkylation sites (tertiary alicyclic amines) is 1. The van der Waals surface area contributed by atoms with E-state index in [1.807, 2.05) is 34.9 Å². The van der Waals surface area contributed by atoms with Gasteiger partial charge in [-0.2, -0.15) is 0 Å². The van der Waals surface area contributed by atoms with E-state index in [2.05, 4.69) is 12.1 Å². The lowest BCUT2D eigenvalue weighted by molar-refractivity contribution is -0.136. The molecule has 170 valence electrons. The minimum atomic E-state index is -0.148. The van der Waals surface area contributed by atoms with Crippen LogP contribution in [0.3, 0.4) is 0 Å². The first kappa shape index (κ1) is 22.4. The summed E-state index contributed by atoms with van der Waals surface area (Å²) < 4.78 is 5.10. The Morgan fingerprint density at radius 3 is 2.75 bits per heavy atom. The van der Waals surface area contributed by atoms with E-state index in [0.29, 0.717) is 44.8 Å². The Labute approximate surface area is 189 Å². The van der Waals surface area contributed by atoms with Gasteiger partial charge in [0.05, 0.1) is 19.1 Å². The highest BCUT2D eigenvalue weighted by Crippen LogP contribution is 2.34. The van der Waals surface area contributed by atoms with E-state index in [1.165, 1.54) is 5.56 Å². The Hall–Kier alpha value is -2.80. The number of carbonyl (C=O) groups excluding carboxylic acids is 2. The summed E-state index contributed by atoms with van der Waals surface area (Å²) in [6.45, 7) is 3.71. The fourth-order valence-electron chi connectivity index (χ4n) is 4.70. The van der Waals surface area contributed by atoms with Gasteiger partial charge in [-0.3, -0.25) is 14.5 Å². The van der Waals surface area contributed by atoms with Crippen LogP contribution < -0.4 is 4.90 Å². The van der Waals surface area contributed by atoms with E-state index in [4.69, 9.17) is 14.7 Å². The van der Waals surface area contributed by atoms with E-state index < -0.39 is 0 Å². The Morgan fingerprint density at radius 1 is 1.16 bits per heavy atom. The number of rotatable bonds is 7. The molecule has 1 aromatic carbocycles. The molecule has 32 heavy (non-hydrogen) atoms. The third-order valence-electron chi connectivity index (χ3n) is 6.46. The number of aryl methyl sites for hydroxylation is 1. The fraction of sp³-hybridized carbons (Fsp3) is 0.520. The van der Waals surface area contributed by atoms with Gasteiger partial charge in [0.15, 0.2) is 5.82 Å². The number of hydrogen-bond acceptors (Lipinski definition) is 5. The van der Waals surface area contributed by atoms with Crippen LogP contribution in [0, 0.1) is 6.92 Å². The first-order valence-electron chi connectivity index (χ1n) is 11.6. The van der Waals surface area contributed by atoms with Crippen molar-refractivity contribution in [2.45, 2.75) is 57.9 Å². The summed E-state index contributed by atoms with van der Waals surface area (Å²) in [5.41, 5.74) is 3.16. The summed E-state index contributed by atoms with van der Waals surface area (Å²) in [6.07, 6.45) is 5.15. The van der Waals surface area contributed by atoms with E-state index in [1.54, 1.807) is 7.11 Å². The van der Waals surface area contributed by atoms with Crippen molar-refractivity contribution in [2.75, 3.05) is 31.7 Å². The van der Waals surface area contributed by atoms with Crippen molar-refractivity contribution < 1.29 is 14.3 Å². The smallest absolute Gasteiger partial charge is 0.228 e. The summed E-state index contributed by atoms with van der Waals surface area (Å²) in [5, 5.41) is 0. The number of nitrogens with zero attached hydrogens (tertiary/aromatic N) is 4. The standard InChI is InChI=1S/C25H32N4O3/c1-18-20-11-12-22(30)29(16-13-19-8-4-3-5-9-19)25(20)27-24(26-18)21-10-6-7-15-28(21)23(31)14-17-32-2/h3-5,8-9,21H,6-7,10-17H2,1-2H3/t21-/m1/s1. The first-order valence-corrected chi connectivity index (χ1v) is 11.6. The average Bonchev–Trinajstić information content (AvgIpc) is 2.82. The Morgan fingerprint density at radius 2 is 1.97 bits per heavy atom. The summed E-state index contributed by atoms with van der Waals surface area (Å²) in [4.78, 5) is 39.2. The normalized spacial score (nSPS) is 18.6. The predicted octanol–water partition coefficient (Wildman–Crippen LogP) is 3.40. The molecule has 1 saturated heterocycles. The van der Waals surface area contributed by atoms with Crippen LogP contribution in [-0.4, -0.2) is 53.5 Å². The van der Waals surface area contributed by atoms with Crippen molar-refractivity contribution >= 4 is 17.6 Å². The molecule has 4 rings (SSSR count). The van der Waals surface area contributed by atoms with Crippen LogP contribution in [0.2, 0.25) is 0 Å². The van der Waals surface area contributed by atoms with Crippen LogP contribution in [0.5, 0.6) is 0 Å². The van der Waals surface area contributed by atoms with E-state index in [-0.39, 0.29) is 17.9 Å². The largest absolute Gasteiger partial charge is 0.384 e. The highest BCUT2D eigenvalue weighted by molar-refractivity contribution is 5.95. The molecule has 0 radical (unpaired) electrons. The van der Waals surface area contributed by atoms with Gasteiger partial charge in [-0.25, -0.2) is 9.97 Å². The minimum absolute atomic E-state index is 0.0764. The zero-order chi connectivity index (χ0) is 22.5. The van der Waals surface area contributed by atoms with E-state index >= 15 is 0 Å². The number of ether oxygens (including phenoxy) is 1. The number of benzene rings is 1. The van der Waals surface area contributed by atoms with E-state index in [9.17, 15) is 9.59 Å². The van der Waals surface area contributed by atoms with Gasteiger partial charge >= 0.3 is 0 Å². The second-order valence-corrected chi connectivity index (χ2v) is 8.59. The van der Waals surface area contributed by atoms with Crippen molar-refractivity contribution in [3.8, 4) is 0 Å². The van der Waals surface area contributed by atoms with Crippen LogP contribution in [0.4, 0.5) is 5.82 Å². The summed E-state index contributed by atoms with van der Waals surface area (Å²) >= 11 is 0. The molecule has 1 aromatic heterocycles. The zero-order valence-corrected chi connectivity index (χ0v) is 19.0. The molecule has 0 aliphatic carbocycles. The van der Waals surface area contributed by atoms with Crippen LogP contribution >= 0.6 is 0 Å². The van der Waals surface area contributed by atoms with Crippen molar-refractivity contribution in [3.05, 3.63) is 53.0 Å². The van der Waals surface area contributed by atoms with Gasteiger partial charge in [0.25, 0.3) is 0 Å². The van der Waals surface area contributed by atoms with Crippen molar-refractivity contribution in [3.63, 3.8) is 0 Å². The summed E-state index contributed by atoms with van der Waals surface area (Å²) in [6, 6.07) is 10.0. The lowest BCUT2D eigenvalue weighted by atomic mass is 9.99. The molecule has 3 heterocycles. The number of anilines is 1. The maximum absolute atomic E-state index is 12.9. The molecular weight excluding hydrogens is 404 g/mol. The quantitative estimate of drug-likeness (QED) is 0.665. The molecule has 1 fully saturated rings. The van der Waals surface area contributed by atoms with Gasteiger partial charge < -0.3 is 9.64 Å². The minimum Gasteiger partial charge on any atom is -0.384 e. The Bertz CT molecular complexity index is 963. The van der Waals surface area contributed by atoms with Crippen LogP contribution in [-0.2, 0) is 27.2 Å². The number of hydrogen-bond donors (Lipinski definition) is 0. The molecule has 0 bridgehead atoms. The van der Waals surface area contributed by atoms with Gasteiger partial charge in [-0.15, -0.1) is 0 Å². The van der Waals surface area contributed by atoms with Crippen molar-refractivity contribution in [1.82, 2.24) is 14.9 Å². The van der Waals surface area contributed by atoms with Gasteiger partial charge in [-0.1, -0.05) is 30.3 Å². The topological polar surface area (TPSA) is 75.6 Å². The van der Waals surface area contributed by atoms with Crippen LogP contribution in [0.15, 0.2) is 30.3 Å². The molecule has 2 amide bonds. The fourth-order valence-corrected chi connectivity index (χ4v) is 4.70. The molecule has 2 aliphatic heterocycles. The number of carbonyl (C=O) groups is 2. The second kappa shape index (κ2) is 10.2. The monoisotopic (exact) mass is 436 g/mol. The molecule has 0 unspecified atom stereocenters. The van der Waals surface area contributed by atoms with Gasteiger partial charge in [0.2, 0.25) is 11.8 Å². The molecule has 0 saturated carbocycles. The van der Waals surface area contributed by atoms with Gasteiger partial charge in [0, 0.05) is 37.9 Å². The number of aromatic nitrogens is 2. The molecule has 0 spiro atoms. The second-order valence-electron chi connectivity index (χ2n) is 8.59. The highest BCUT2D eigenvalue weighted by atomic mass is 16.5. The molecule has 0 N–H and O–H groups in total. The van der Waals surface area contributed by atoms with Gasteiger partial charge in [0.1, 0.15) is 5.82 Å². The molecular formula is C25H32N4O3. The van der Waals surface area contributed by atoms with Crippen LogP contribution in [0.1, 0.15) is 60.8 Å². The van der Waals surface area contributed by atoms with Gasteiger partial charge in [-0.05, 0) is 44.6 Å². The molecule has 7 nitrogen and oxygen atoms in total. The third kappa shape index (κ3) is 4.83.